The molecule has 31 heavy (non-hydrogen) atoms. The van der Waals surface area contributed by atoms with E-state index in [9.17, 15) is 28.8 Å². The summed E-state index contributed by atoms with van der Waals surface area (Å²) < 4.78 is 51.5. The number of nitrogens with zero attached hydrogens (tertiary/aromatic N) is 2. The molecule has 0 radical (unpaired) electrons. The molecule has 1 aromatic rings. The predicted molar refractivity (Wildman–Crippen MR) is 101 cm³/mol. The van der Waals surface area contributed by atoms with Crippen molar-refractivity contribution < 1.29 is 61.4 Å². The molecule has 1 fully saturated rings. The first-order chi connectivity index (χ1) is 14.0. The Morgan fingerprint density at radius 1 is 1.29 bits per heavy atom. The summed E-state index contributed by atoms with van der Waals surface area (Å²) in [4.78, 5) is 39.4. The number of hydrogen-bond acceptors (Lipinski definition) is 12. The van der Waals surface area contributed by atoms with Gasteiger partial charge < -0.3 is 40.3 Å². The Morgan fingerprint density at radius 3 is 2.42 bits per heavy atom. The van der Waals surface area contributed by atoms with Crippen molar-refractivity contribution >= 4 is 41.5 Å². The Hall–Kier alpha value is -1.05. The van der Waals surface area contributed by atoms with Crippen LogP contribution < -0.4 is 5.73 Å². The number of phosphoric ester groups is 1. The first kappa shape index (κ1) is 26.2. The van der Waals surface area contributed by atoms with E-state index < -0.39 is 54.1 Å². The number of phosphoric acid groups is 3. The fraction of sp³-hybridized carbons (Fsp3) is 0.455. The number of anilines is 1. The second-order valence-electron chi connectivity index (χ2n) is 5.87. The maximum Gasteiger partial charge on any atom is 0.490 e. The summed E-state index contributed by atoms with van der Waals surface area (Å²) in [5.41, 5.74) is 3.06. The van der Waals surface area contributed by atoms with E-state index in [0.717, 1.165) is 4.57 Å². The summed E-state index contributed by atoms with van der Waals surface area (Å²) >= 11 is 4.99. The molecule has 0 aliphatic carbocycles. The van der Waals surface area contributed by atoms with Gasteiger partial charge in [-0.15, -0.1) is 6.42 Å². The molecule has 6 atom stereocenters. The smallest absolute Gasteiger partial charge is 0.386 e. The van der Waals surface area contributed by atoms with Crippen LogP contribution in [0.5, 0.6) is 0 Å². The molecule has 1 aromatic heterocycles. The van der Waals surface area contributed by atoms with E-state index in [4.69, 9.17) is 43.8 Å². The first-order valence-electron chi connectivity index (χ1n) is 7.66. The van der Waals surface area contributed by atoms with Crippen LogP contribution in [-0.4, -0.2) is 63.8 Å². The lowest BCUT2D eigenvalue weighted by Gasteiger charge is -2.26. The highest BCUT2D eigenvalue weighted by Crippen LogP contribution is 2.66. The molecule has 174 valence electrons. The Labute approximate surface area is 178 Å². The van der Waals surface area contributed by atoms with Crippen LogP contribution in [0.3, 0.4) is 0 Å². The molecule has 2 rings (SSSR count). The number of aliphatic hydroxyl groups is 2. The lowest BCUT2D eigenvalue weighted by molar-refractivity contribution is -0.0750. The molecule has 8 N–H and O–H groups in total. The molecule has 16 nitrogen and oxygen atoms in total. The van der Waals surface area contributed by atoms with E-state index in [1.165, 1.54) is 12.3 Å². The maximum atomic E-state index is 11.8. The van der Waals surface area contributed by atoms with Crippen LogP contribution in [0.4, 0.5) is 5.82 Å². The zero-order chi connectivity index (χ0) is 23.8. The highest BCUT2D eigenvalue weighted by atomic mass is 32.1. The lowest BCUT2D eigenvalue weighted by atomic mass is 9.95. The van der Waals surface area contributed by atoms with Crippen molar-refractivity contribution in [2.45, 2.75) is 24.0 Å². The van der Waals surface area contributed by atoms with Crippen molar-refractivity contribution in [3.63, 3.8) is 0 Å². The number of aliphatic hydroxyl groups excluding tert-OH is 1. The van der Waals surface area contributed by atoms with Crippen LogP contribution in [0, 0.1) is 17.1 Å². The minimum atomic E-state index is -5.74. The third-order valence-electron chi connectivity index (χ3n) is 3.64. The van der Waals surface area contributed by atoms with E-state index in [1.807, 2.05) is 5.92 Å². The van der Waals surface area contributed by atoms with E-state index in [2.05, 4.69) is 18.1 Å². The molecule has 1 saturated heterocycles. The van der Waals surface area contributed by atoms with Crippen LogP contribution in [0.15, 0.2) is 12.3 Å². The zero-order valence-electron chi connectivity index (χ0n) is 14.9. The Morgan fingerprint density at radius 2 is 1.90 bits per heavy atom. The molecule has 0 amide bonds. The number of aromatic nitrogens is 2. The molecule has 1 aliphatic heterocycles. The van der Waals surface area contributed by atoms with Gasteiger partial charge in [0.1, 0.15) is 18.0 Å². The molecule has 6 unspecified atom stereocenters. The van der Waals surface area contributed by atoms with E-state index >= 15 is 0 Å². The summed E-state index contributed by atoms with van der Waals surface area (Å²) in [6.45, 7) is -1.05. The van der Waals surface area contributed by atoms with Crippen LogP contribution in [0.2, 0.25) is 0 Å². The van der Waals surface area contributed by atoms with Gasteiger partial charge in [-0.05, 0) is 18.3 Å². The van der Waals surface area contributed by atoms with Gasteiger partial charge in [0.2, 0.25) is 4.77 Å². The SMILES string of the molecule is C#CC1(O)C(O)C(COP(=O)(O)OP(=O)(O)OP(=O)(O)O)OC1n1ccc(N)nc1=S. The molecule has 0 saturated carbocycles. The van der Waals surface area contributed by atoms with Crippen molar-refractivity contribution in [3.05, 3.63) is 17.0 Å². The second kappa shape index (κ2) is 9.06. The highest BCUT2D eigenvalue weighted by Gasteiger charge is 2.56. The Kier molecular flexibility index (Phi) is 7.66. The summed E-state index contributed by atoms with van der Waals surface area (Å²) in [7, 11) is -16.8. The molecule has 2 heterocycles. The Balaban J connectivity index is 2.18. The van der Waals surface area contributed by atoms with Crippen molar-refractivity contribution in [1.29, 1.82) is 0 Å². The normalized spacial score (nSPS) is 30.3. The van der Waals surface area contributed by atoms with Crippen molar-refractivity contribution in [3.8, 4) is 12.3 Å². The number of ether oxygens (including phenoxy) is 1. The third-order valence-corrected chi connectivity index (χ3v) is 7.74. The minimum Gasteiger partial charge on any atom is -0.386 e. The van der Waals surface area contributed by atoms with Gasteiger partial charge in [0.15, 0.2) is 11.8 Å². The quantitative estimate of drug-likeness (QED) is 0.125. The first-order valence-corrected chi connectivity index (χ1v) is 12.6. The molecule has 0 bridgehead atoms. The van der Waals surface area contributed by atoms with Crippen LogP contribution >= 0.6 is 35.7 Å². The molecule has 0 aromatic carbocycles. The van der Waals surface area contributed by atoms with Crippen LogP contribution in [0.25, 0.3) is 0 Å². The second-order valence-corrected chi connectivity index (χ2v) is 10.7. The minimum absolute atomic E-state index is 0.0354. The standard InChI is InChI=1S/C11H16N3O13P3S/c1-2-11(16)8(15)6(25-9(11)14-4-3-7(12)13-10(14)31)5-24-29(20,21)27-30(22,23)26-28(17,18)19/h1,3-4,6,8-9,15-16H,5H2,(H,20,21)(H,22,23)(H2,12,13,31)(H2,17,18,19). The summed E-state index contributed by atoms with van der Waals surface area (Å²) in [5, 5.41) is 21.0. The monoisotopic (exact) mass is 523 g/mol. The average molecular weight is 523 g/mol. The van der Waals surface area contributed by atoms with E-state index in [-0.39, 0.29) is 10.6 Å². The van der Waals surface area contributed by atoms with Gasteiger partial charge in [0.05, 0.1) is 6.61 Å². The zero-order valence-corrected chi connectivity index (χ0v) is 18.4. The summed E-state index contributed by atoms with van der Waals surface area (Å²) in [6, 6.07) is 1.28. The molecular weight excluding hydrogens is 507 g/mol. The van der Waals surface area contributed by atoms with Crippen LogP contribution in [0.1, 0.15) is 6.23 Å². The average Bonchev–Trinajstić information content (AvgIpc) is 2.82. The predicted octanol–water partition coefficient (Wildman–Crippen LogP) is -0.839. The lowest BCUT2D eigenvalue weighted by Crippen LogP contribution is -2.46. The van der Waals surface area contributed by atoms with Crippen molar-refractivity contribution in [2.75, 3.05) is 12.3 Å². The topological polar surface area (TPSA) is 253 Å². The van der Waals surface area contributed by atoms with Gasteiger partial charge >= 0.3 is 23.5 Å². The molecule has 20 heteroatoms. The largest absolute Gasteiger partial charge is 0.490 e. The number of hydrogen-bond donors (Lipinski definition) is 7. The van der Waals surface area contributed by atoms with Crippen molar-refractivity contribution in [2.24, 2.45) is 0 Å². The van der Waals surface area contributed by atoms with Gasteiger partial charge in [-0.25, -0.2) is 18.7 Å². The summed E-state index contributed by atoms with van der Waals surface area (Å²) in [6.07, 6.45) is 1.43. The van der Waals surface area contributed by atoms with Gasteiger partial charge in [-0.1, -0.05) is 5.92 Å². The third kappa shape index (κ3) is 6.48. The van der Waals surface area contributed by atoms with E-state index in [1.54, 1.807) is 0 Å². The highest BCUT2D eigenvalue weighted by molar-refractivity contribution is 7.71. The number of nitrogens with two attached hydrogens (primary N) is 1. The summed E-state index contributed by atoms with van der Waals surface area (Å²) in [5.74, 6) is 1.95. The van der Waals surface area contributed by atoms with Gasteiger partial charge in [-0.2, -0.15) is 8.62 Å². The molecular formula is C11H16N3O13P3S. The maximum absolute atomic E-state index is 11.8. The molecule has 1 aliphatic rings. The van der Waals surface area contributed by atoms with Gasteiger partial charge in [-0.3, -0.25) is 9.09 Å². The molecule has 0 spiro atoms. The number of nitrogen functional groups attached to an aromatic ring is 1. The Bertz CT molecular complexity index is 1080. The van der Waals surface area contributed by atoms with E-state index in [0.29, 0.717) is 0 Å². The van der Waals surface area contributed by atoms with Gasteiger partial charge in [0, 0.05) is 6.20 Å². The van der Waals surface area contributed by atoms with Crippen LogP contribution in [-0.2, 0) is 31.6 Å². The number of rotatable bonds is 8. The van der Waals surface area contributed by atoms with Crippen molar-refractivity contribution in [1.82, 2.24) is 9.55 Å². The number of terminal acetylenes is 1. The van der Waals surface area contributed by atoms with Gasteiger partial charge in [0.25, 0.3) is 0 Å². The fourth-order valence-electron chi connectivity index (χ4n) is 2.41. The fourth-order valence-corrected chi connectivity index (χ4v) is 5.71.